The van der Waals surface area contributed by atoms with Gasteiger partial charge in [0.05, 0.1) is 0 Å². The maximum absolute atomic E-state index is 13.8. The highest BCUT2D eigenvalue weighted by Crippen LogP contribution is 2.45. The summed E-state index contributed by atoms with van der Waals surface area (Å²) in [6.45, 7) is 6.63. The largest absolute Gasteiger partial charge is 0.444 e. The van der Waals surface area contributed by atoms with Crippen molar-refractivity contribution in [3.8, 4) is 0 Å². The van der Waals surface area contributed by atoms with Crippen molar-refractivity contribution in [3.63, 3.8) is 0 Å². The molecule has 2 fully saturated rings. The van der Waals surface area contributed by atoms with Gasteiger partial charge in [0.1, 0.15) is 17.5 Å². The monoisotopic (exact) mass is 491 g/mol. The summed E-state index contributed by atoms with van der Waals surface area (Å²) in [4.78, 5) is 18.9. The molecule has 3 aliphatic rings. The number of hydrogen-bond donors (Lipinski definition) is 1. The molecule has 7 nitrogen and oxygen atoms in total. The molecule has 1 aliphatic carbocycles. The van der Waals surface area contributed by atoms with E-state index in [0.29, 0.717) is 25.3 Å². The van der Waals surface area contributed by atoms with E-state index in [2.05, 4.69) is 15.4 Å². The molecule has 1 aromatic carbocycles. The third-order valence-corrected chi connectivity index (χ3v) is 7.35. The number of carbonyl (C=O) groups is 1. The molecule has 2 aliphatic heterocycles. The van der Waals surface area contributed by atoms with Crippen molar-refractivity contribution in [3.05, 3.63) is 41.7 Å². The molecule has 0 spiro atoms. The highest BCUT2D eigenvalue weighted by atomic mass is 19.4. The van der Waals surface area contributed by atoms with E-state index in [0.717, 1.165) is 23.1 Å². The predicted molar refractivity (Wildman–Crippen MR) is 124 cm³/mol. The van der Waals surface area contributed by atoms with Crippen LogP contribution in [0.3, 0.4) is 0 Å². The van der Waals surface area contributed by atoms with E-state index >= 15 is 0 Å². The molecule has 1 amide bonds. The minimum Gasteiger partial charge on any atom is -0.444 e. The van der Waals surface area contributed by atoms with Gasteiger partial charge in [0, 0.05) is 25.0 Å². The van der Waals surface area contributed by atoms with Gasteiger partial charge in [-0.15, -0.1) is 5.10 Å². The number of nitrogens with one attached hydrogen (secondary N) is 1. The Morgan fingerprint density at radius 3 is 2.29 bits per heavy atom. The number of ether oxygens (including phenoxy) is 1. The van der Waals surface area contributed by atoms with Gasteiger partial charge in [-0.2, -0.15) is 18.2 Å². The Kier molecular flexibility index (Phi) is 5.96. The third-order valence-electron chi connectivity index (χ3n) is 7.35. The lowest BCUT2D eigenvalue weighted by atomic mass is 9.88. The van der Waals surface area contributed by atoms with Crippen LogP contribution in [0.15, 0.2) is 30.3 Å². The minimum atomic E-state index is -4.39. The van der Waals surface area contributed by atoms with Crippen molar-refractivity contribution in [1.29, 1.82) is 0 Å². The highest BCUT2D eigenvalue weighted by Gasteiger charge is 2.48. The number of likely N-dealkylation sites (tertiary alicyclic amines) is 1. The normalized spacial score (nSPS) is 28.5. The Morgan fingerprint density at radius 2 is 1.69 bits per heavy atom. The molecule has 5 atom stereocenters. The SMILES string of the molecule is CC(C)(C)OC(=O)N1C[C@H]2CC[C@@H](C1)C2Nc1nc2n(n1)C(C(F)(F)F)CCC2c1ccccc1. The summed E-state index contributed by atoms with van der Waals surface area (Å²) in [5, 5.41) is 7.70. The van der Waals surface area contributed by atoms with Crippen LogP contribution in [0, 0.1) is 11.8 Å². The smallest absolute Gasteiger partial charge is 0.410 e. The first-order valence-corrected chi connectivity index (χ1v) is 12.3. The number of rotatable bonds is 3. The standard InChI is InChI=1S/C25H32F3N5O2/c1-24(2,3)35-23(34)32-13-16-9-10-17(14-32)20(16)29-22-30-21-18(15-7-5-4-6-8-15)11-12-19(25(26,27)28)33(21)31-22/h4-8,16-20H,9-14H2,1-3H3,(H,29,31)/t16-,17+,18?,19?,20?. The summed E-state index contributed by atoms with van der Waals surface area (Å²) >= 11 is 0. The second-order valence-corrected chi connectivity index (χ2v) is 11.0. The van der Waals surface area contributed by atoms with Crippen LogP contribution >= 0.6 is 0 Å². The molecule has 1 aromatic heterocycles. The van der Waals surface area contributed by atoms with Gasteiger partial charge in [0.2, 0.25) is 5.95 Å². The van der Waals surface area contributed by atoms with E-state index in [9.17, 15) is 18.0 Å². The number of nitrogens with zero attached hydrogens (tertiary/aromatic N) is 4. The zero-order chi connectivity index (χ0) is 25.0. The first kappa shape index (κ1) is 23.9. The van der Waals surface area contributed by atoms with E-state index in [1.54, 1.807) is 4.90 Å². The Balaban J connectivity index is 1.37. The lowest BCUT2D eigenvalue weighted by Crippen LogP contribution is -2.51. The Morgan fingerprint density at radius 1 is 1.03 bits per heavy atom. The highest BCUT2D eigenvalue weighted by molar-refractivity contribution is 5.68. The second-order valence-electron chi connectivity index (χ2n) is 11.0. The number of piperidine rings is 1. The van der Waals surface area contributed by atoms with Crippen molar-refractivity contribution in [2.75, 3.05) is 18.4 Å². The summed E-state index contributed by atoms with van der Waals surface area (Å²) < 4.78 is 48.1. The number of aromatic nitrogens is 3. The number of carbonyl (C=O) groups excluding carboxylic acids is 1. The minimum absolute atomic E-state index is 0.0117. The molecule has 2 bridgehead atoms. The van der Waals surface area contributed by atoms with Gasteiger partial charge in [-0.3, -0.25) is 0 Å². The predicted octanol–water partition coefficient (Wildman–Crippen LogP) is 5.36. The number of anilines is 1. The van der Waals surface area contributed by atoms with Gasteiger partial charge in [0.15, 0.2) is 0 Å². The van der Waals surface area contributed by atoms with Crippen molar-refractivity contribution < 1.29 is 22.7 Å². The quantitative estimate of drug-likeness (QED) is 0.626. The molecule has 5 rings (SSSR count). The molecule has 0 radical (unpaired) electrons. The maximum Gasteiger partial charge on any atom is 0.410 e. The van der Waals surface area contributed by atoms with Gasteiger partial charge in [0.25, 0.3) is 0 Å². The topological polar surface area (TPSA) is 72.3 Å². The average molecular weight is 492 g/mol. The van der Waals surface area contributed by atoms with Crippen LogP contribution in [0.1, 0.15) is 69.8 Å². The first-order chi connectivity index (χ1) is 16.5. The van der Waals surface area contributed by atoms with Crippen molar-refractivity contribution in [2.24, 2.45) is 11.8 Å². The van der Waals surface area contributed by atoms with E-state index in [1.807, 2.05) is 51.1 Å². The summed E-state index contributed by atoms with van der Waals surface area (Å²) in [5.41, 5.74) is 0.383. The number of benzene rings is 1. The van der Waals surface area contributed by atoms with Crippen LogP contribution < -0.4 is 5.32 Å². The lowest BCUT2D eigenvalue weighted by molar-refractivity contribution is -0.175. The van der Waals surface area contributed by atoms with Crippen molar-refractivity contribution >= 4 is 12.0 Å². The summed E-state index contributed by atoms with van der Waals surface area (Å²) in [6.07, 6.45) is -2.49. The van der Waals surface area contributed by atoms with Crippen molar-refractivity contribution in [1.82, 2.24) is 19.7 Å². The number of hydrogen-bond acceptors (Lipinski definition) is 5. The molecule has 3 heterocycles. The number of amides is 1. The van der Waals surface area contributed by atoms with Crippen LogP contribution in [0.5, 0.6) is 0 Å². The zero-order valence-electron chi connectivity index (χ0n) is 20.3. The summed E-state index contributed by atoms with van der Waals surface area (Å²) in [5.74, 6) is 0.703. The molecule has 1 saturated carbocycles. The fourth-order valence-electron chi connectivity index (χ4n) is 5.83. The molecular weight excluding hydrogens is 459 g/mol. The van der Waals surface area contributed by atoms with Crippen LogP contribution in [0.2, 0.25) is 0 Å². The molecule has 190 valence electrons. The summed E-state index contributed by atoms with van der Waals surface area (Å²) in [7, 11) is 0. The molecule has 35 heavy (non-hydrogen) atoms. The van der Waals surface area contributed by atoms with Gasteiger partial charge in [-0.05, 0) is 63.9 Å². The average Bonchev–Trinajstić information content (AvgIpc) is 3.28. The van der Waals surface area contributed by atoms with Gasteiger partial charge < -0.3 is 15.0 Å². The lowest BCUT2D eigenvalue weighted by Gasteiger charge is -2.38. The zero-order valence-corrected chi connectivity index (χ0v) is 20.3. The van der Waals surface area contributed by atoms with E-state index < -0.39 is 17.8 Å². The Hall–Kier alpha value is -2.78. The van der Waals surface area contributed by atoms with Gasteiger partial charge in [-0.1, -0.05) is 30.3 Å². The van der Waals surface area contributed by atoms with Crippen LogP contribution in [0.4, 0.5) is 23.9 Å². The molecule has 1 saturated heterocycles. The van der Waals surface area contributed by atoms with E-state index in [1.165, 1.54) is 0 Å². The number of halogens is 3. The third kappa shape index (κ3) is 4.84. The maximum atomic E-state index is 13.8. The Labute approximate surface area is 203 Å². The molecule has 1 N–H and O–H groups in total. The Bertz CT molecular complexity index is 1050. The summed E-state index contributed by atoms with van der Waals surface area (Å²) in [6, 6.07) is 7.86. The molecule has 10 heteroatoms. The van der Waals surface area contributed by atoms with Crippen LogP contribution in [-0.4, -0.2) is 56.7 Å². The van der Waals surface area contributed by atoms with Gasteiger partial charge in [-0.25, -0.2) is 9.48 Å². The fourth-order valence-corrected chi connectivity index (χ4v) is 5.83. The molecule has 2 aromatic rings. The molecular formula is C25H32F3N5O2. The van der Waals surface area contributed by atoms with Crippen LogP contribution in [-0.2, 0) is 4.74 Å². The van der Waals surface area contributed by atoms with Gasteiger partial charge >= 0.3 is 12.3 Å². The van der Waals surface area contributed by atoms with E-state index in [4.69, 9.17) is 4.74 Å². The van der Waals surface area contributed by atoms with Crippen LogP contribution in [0.25, 0.3) is 0 Å². The molecule has 3 unspecified atom stereocenters. The van der Waals surface area contributed by atoms with E-state index in [-0.39, 0.29) is 42.3 Å². The fraction of sp³-hybridized carbons (Fsp3) is 0.640. The van der Waals surface area contributed by atoms with Crippen molar-refractivity contribution in [2.45, 2.75) is 76.2 Å². The number of alkyl halides is 3. The number of fused-ring (bicyclic) bond motifs is 3. The second kappa shape index (κ2) is 8.71. The first-order valence-electron chi connectivity index (χ1n) is 12.3.